The lowest BCUT2D eigenvalue weighted by atomic mass is 10.1. The Morgan fingerprint density at radius 2 is 1.86 bits per heavy atom. The maximum atomic E-state index is 11.9. The molecule has 3 nitrogen and oxygen atoms in total. The quantitative estimate of drug-likeness (QED) is 0.521. The summed E-state index contributed by atoms with van der Waals surface area (Å²) in [7, 11) is 0. The van der Waals surface area contributed by atoms with Crippen molar-refractivity contribution in [3.63, 3.8) is 0 Å². The number of esters is 1. The Hall–Kier alpha value is -2.46. The van der Waals surface area contributed by atoms with E-state index >= 15 is 0 Å². The monoisotopic (exact) mass is 309 g/mol. The van der Waals surface area contributed by atoms with Gasteiger partial charge in [0.2, 0.25) is 0 Å². The van der Waals surface area contributed by atoms with Gasteiger partial charge in [0, 0.05) is 6.08 Å². The molecule has 0 radical (unpaired) electrons. The highest BCUT2D eigenvalue weighted by Crippen LogP contribution is 2.22. The Morgan fingerprint density at radius 1 is 1.14 bits per heavy atom. The average molecular weight is 309 g/mol. The van der Waals surface area contributed by atoms with E-state index in [9.17, 15) is 4.79 Å². The smallest absolute Gasteiger partial charge is 0.331 e. The van der Waals surface area contributed by atoms with E-state index in [4.69, 9.17) is 4.74 Å². The number of para-hydroxylation sites is 1. The number of carbonyl (C=O) groups excluding carboxylic acids is 1. The zero-order chi connectivity index (χ0) is 15.4. The molecule has 0 aliphatic heterocycles. The highest BCUT2D eigenvalue weighted by atomic mass is 32.1. The number of benzene rings is 2. The van der Waals surface area contributed by atoms with Crippen LogP contribution < -0.4 is 0 Å². The molecule has 3 aromatic rings. The van der Waals surface area contributed by atoms with E-state index in [-0.39, 0.29) is 12.1 Å². The number of hydrogen-bond acceptors (Lipinski definition) is 4. The minimum atomic E-state index is -0.365. The topological polar surface area (TPSA) is 39.2 Å². The fraction of sp³-hybridized carbons (Fsp3) is 0.111. The molecule has 0 bridgehead atoms. The van der Waals surface area contributed by atoms with E-state index in [0.29, 0.717) is 0 Å². The van der Waals surface area contributed by atoms with Crippen molar-refractivity contribution in [3.05, 3.63) is 71.2 Å². The molecule has 1 atom stereocenters. The molecule has 1 heterocycles. The summed E-state index contributed by atoms with van der Waals surface area (Å²) < 4.78 is 6.49. The van der Waals surface area contributed by atoms with Crippen molar-refractivity contribution in [3.8, 4) is 0 Å². The Balaban J connectivity index is 1.66. The third-order valence-corrected chi connectivity index (χ3v) is 4.24. The van der Waals surface area contributed by atoms with Gasteiger partial charge >= 0.3 is 5.97 Å². The first-order valence-electron chi connectivity index (χ1n) is 7.01. The zero-order valence-corrected chi connectivity index (χ0v) is 12.9. The molecule has 110 valence electrons. The molecule has 0 saturated carbocycles. The molecule has 22 heavy (non-hydrogen) atoms. The van der Waals surface area contributed by atoms with Gasteiger partial charge in [-0.1, -0.05) is 42.5 Å². The second kappa shape index (κ2) is 6.54. The van der Waals surface area contributed by atoms with Crippen LogP contribution in [0.4, 0.5) is 0 Å². The minimum absolute atomic E-state index is 0.270. The van der Waals surface area contributed by atoms with Crippen molar-refractivity contribution in [2.75, 3.05) is 0 Å². The summed E-state index contributed by atoms with van der Waals surface area (Å²) >= 11 is 1.55. The van der Waals surface area contributed by atoms with Gasteiger partial charge < -0.3 is 4.74 Å². The van der Waals surface area contributed by atoms with Gasteiger partial charge in [0.15, 0.2) is 0 Å². The summed E-state index contributed by atoms with van der Waals surface area (Å²) in [4.78, 5) is 16.3. The molecule has 0 saturated heterocycles. The molecule has 2 aromatic carbocycles. The van der Waals surface area contributed by atoms with Gasteiger partial charge in [-0.3, -0.25) is 0 Å². The minimum Gasteiger partial charge on any atom is -0.455 e. The lowest BCUT2D eigenvalue weighted by molar-refractivity contribution is -0.142. The summed E-state index contributed by atoms with van der Waals surface area (Å²) in [6, 6.07) is 17.6. The first-order chi connectivity index (χ1) is 10.7. The van der Waals surface area contributed by atoms with E-state index < -0.39 is 0 Å². The number of aromatic nitrogens is 1. The number of rotatable bonds is 4. The Kier molecular flexibility index (Phi) is 4.30. The van der Waals surface area contributed by atoms with Gasteiger partial charge in [0.25, 0.3) is 0 Å². The fourth-order valence-electron chi connectivity index (χ4n) is 2.11. The van der Waals surface area contributed by atoms with Crippen LogP contribution >= 0.6 is 11.3 Å². The molecule has 0 fully saturated rings. The first kappa shape index (κ1) is 14.5. The van der Waals surface area contributed by atoms with Crippen LogP contribution in [0.1, 0.15) is 23.6 Å². The van der Waals surface area contributed by atoms with Gasteiger partial charge in [0.05, 0.1) is 10.2 Å². The number of thiazole rings is 1. The van der Waals surface area contributed by atoms with Crippen molar-refractivity contribution >= 4 is 33.6 Å². The van der Waals surface area contributed by atoms with E-state index in [2.05, 4.69) is 4.98 Å². The summed E-state index contributed by atoms with van der Waals surface area (Å²) in [6.07, 6.45) is 2.86. The lowest BCUT2D eigenvalue weighted by Gasteiger charge is -2.11. The number of hydrogen-bond donors (Lipinski definition) is 0. The number of nitrogens with zero attached hydrogens (tertiary/aromatic N) is 1. The van der Waals surface area contributed by atoms with Gasteiger partial charge in [-0.05, 0) is 30.7 Å². The van der Waals surface area contributed by atoms with Crippen molar-refractivity contribution in [1.82, 2.24) is 4.98 Å². The molecule has 3 rings (SSSR count). The second-order valence-electron chi connectivity index (χ2n) is 4.84. The Morgan fingerprint density at radius 3 is 2.64 bits per heavy atom. The summed E-state index contributed by atoms with van der Waals surface area (Å²) in [5.74, 6) is -0.365. The standard InChI is InChI=1S/C18H15NO2S/c1-13(14-7-3-2-4-8-14)21-18(20)12-11-17-19-15-9-5-6-10-16(15)22-17/h2-13H,1H3/b12-11+/t13-/m0/s1. The number of carbonyl (C=O) groups is 1. The van der Waals surface area contributed by atoms with Crippen molar-refractivity contribution in [2.24, 2.45) is 0 Å². The molecular weight excluding hydrogens is 294 g/mol. The molecule has 4 heteroatoms. The van der Waals surface area contributed by atoms with Crippen molar-refractivity contribution in [2.45, 2.75) is 13.0 Å². The van der Waals surface area contributed by atoms with Crippen LogP contribution in [0.25, 0.3) is 16.3 Å². The fourth-order valence-corrected chi connectivity index (χ4v) is 2.98. The van der Waals surface area contributed by atoms with Crippen LogP contribution in [0, 0.1) is 0 Å². The Bertz CT molecular complexity index is 775. The molecule has 0 N–H and O–H groups in total. The highest BCUT2D eigenvalue weighted by molar-refractivity contribution is 7.19. The van der Waals surface area contributed by atoms with Crippen LogP contribution in [0.15, 0.2) is 60.7 Å². The maximum Gasteiger partial charge on any atom is 0.331 e. The first-order valence-corrected chi connectivity index (χ1v) is 7.83. The van der Waals surface area contributed by atoms with E-state index in [0.717, 1.165) is 20.8 Å². The van der Waals surface area contributed by atoms with Crippen LogP contribution in [-0.4, -0.2) is 11.0 Å². The SMILES string of the molecule is C[C@H](OC(=O)/C=C/c1nc2ccccc2s1)c1ccccc1. The van der Waals surface area contributed by atoms with E-state index in [1.807, 2.05) is 61.5 Å². The number of ether oxygens (including phenoxy) is 1. The summed E-state index contributed by atoms with van der Waals surface area (Å²) in [6.45, 7) is 1.86. The van der Waals surface area contributed by atoms with Gasteiger partial charge in [-0.2, -0.15) is 0 Å². The second-order valence-corrected chi connectivity index (χ2v) is 5.91. The summed E-state index contributed by atoms with van der Waals surface area (Å²) in [5.41, 5.74) is 1.92. The normalized spacial score (nSPS) is 12.6. The third-order valence-electron chi connectivity index (χ3n) is 3.23. The van der Waals surface area contributed by atoms with Crippen LogP contribution in [-0.2, 0) is 9.53 Å². The van der Waals surface area contributed by atoms with Crippen LogP contribution in [0.2, 0.25) is 0 Å². The third kappa shape index (κ3) is 3.40. The van der Waals surface area contributed by atoms with Gasteiger partial charge in [-0.15, -0.1) is 11.3 Å². The molecule has 0 spiro atoms. The Labute approximate surface area is 132 Å². The van der Waals surface area contributed by atoms with Crippen LogP contribution in [0.5, 0.6) is 0 Å². The van der Waals surface area contributed by atoms with E-state index in [1.54, 1.807) is 17.4 Å². The van der Waals surface area contributed by atoms with Crippen LogP contribution in [0.3, 0.4) is 0 Å². The van der Waals surface area contributed by atoms with Gasteiger partial charge in [-0.25, -0.2) is 9.78 Å². The average Bonchev–Trinajstić information content (AvgIpc) is 2.96. The molecule has 0 aliphatic rings. The number of fused-ring (bicyclic) bond motifs is 1. The van der Waals surface area contributed by atoms with Gasteiger partial charge in [0.1, 0.15) is 11.1 Å². The largest absolute Gasteiger partial charge is 0.455 e. The predicted octanol–water partition coefficient (Wildman–Crippen LogP) is 4.61. The molecule has 1 aromatic heterocycles. The molecular formula is C18H15NO2S. The zero-order valence-electron chi connectivity index (χ0n) is 12.1. The molecule has 0 aliphatic carbocycles. The summed E-state index contributed by atoms with van der Waals surface area (Å²) in [5, 5.41) is 0.797. The van der Waals surface area contributed by atoms with Crippen molar-refractivity contribution in [1.29, 1.82) is 0 Å². The van der Waals surface area contributed by atoms with Crippen molar-refractivity contribution < 1.29 is 9.53 Å². The molecule has 0 amide bonds. The molecule has 0 unspecified atom stereocenters. The predicted molar refractivity (Wildman–Crippen MR) is 89.6 cm³/mol. The maximum absolute atomic E-state index is 11.9. The van der Waals surface area contributed by atoms with E-state index in [1.165, 1.54) is 6.08 Å². The highest BCUT2D eigenvalue weighted by Gasteiger charge is 2.09. The lowest BCUT2D eigenvalue weighted by Crippen LogP contribution is -2.05.